The fourth-order valence-corrected chi connectivity index (χ4v) is 1.49. The molecule has 0 amide bonds. The molecular formula is C11H18ClN3O3. The Morgan fingerprint density at radius 1 is 1.22 bits per heavy atom. The van der Waals surface area contributed by atoms with Gasteiger partial charge in [-0.15, -0.1) is 0 Å². The summed E-state index contributed by atoms with van der Waals surface area (Å²) in [7, 11) is 3.18. The number of methoxy groups -OCH3 is 2. The highest BCUT2D eigenvalue weighted by molar-refractivity contribution is 6.31. The van der Waals surface area contributed by atoms with Gasteiger partial charge in [0.05, 0.1) is 20.3 Å². The van der Waals surface area contributed by atoms with Crippen LogP contribution in [-0.2, 0) is 9.47 Å². The molecule has 0 aromatic carbocycles. The number of hydrogen-bond donors (Lipinski definition) is 1. The molecule has 0 saturated heterocycles. The van der Waals surface area contributed by atoms with E-state index >= 15 is 0 Å². The molecule has 1 aromatic heterocycles. The Hall–Kier alpha value is -1.11. The van der Waals surface area contributed by atoms with Crippen molar-refractivity contribution in [3.05, 3.63) is 11.5 Å². The van der Waals surface area contributed by atoms with Crippen molar-refractivity contribution in [2.24, 2.45) is 0 Å². The number of rotatable bonds is 9. The molecule has 0 radical (unpaired) electrons. The molecule has 0 fully saturated rings. The van der Waals surface area contributed by atoms with Crippen LogP contribution in [0, 0.1) is 0 Å². The third-order valence-electron chi connectivity index (χ3n) is 2.15. The molecule has 6 nitrogen and oxygen atoms in total. The fourth-order valence-electron chi connectivity index (χ4n) is 1.28. The van der Waals surface area contributed by atoms with Gasteiger partial charge in [0.2, 0.25) is 0 Å². The highest BCUT2D eigenvalue weighted by Crippen LogP contribution is 2.27. The lowest BCUT2D eigenvalue weighted by molar-refractivity contribution is 0.0705. The zero-order valence-electron chi connectivity index (χ0n) is 10.6. The van der Waals surface area contributed by atoms with Crippen molar-refractivity contribution in [1.82, 2.24) is 9.97 Å². The Bertz CT molecular complexity index is 352. The van der Waals surface area contributed by atoms with E-state index in [1.807, 2.05) is 0 Å². The first kappa shape index (κ1) is 14.9. The summed E-state index contributed by atoms with van der Waals surface area (Å²) in [6, 6.07) is 0. The smallest absolute Gasteiger partial charge is 0.198 e. The largest absolute Gasteiger partial charge is 0.490 e. The van der Waals surface area contributed by atoms with Gasteiger partial charge < -0.3 is 19.5 Å². The molecule has 1 rings (SSSR count). The second-order valence-electron chi connectivity index (χ2n) is 3.43. The molecule has 0 bridgehead atoms. The van der Waals surface area contributed by atoms with E-state index in [9.17, 15) is 0 Å². The second kappa shape index (κ2) is 8.91. The van der Waals surface area contributed by atoms with Crippen LogP contribution in [0.5, 0.6) is 5.75 Å². The first-order chi connectivity index (χ1) is 8.79. The Morgan fingerprint density at radius 2 is 2.06 bits per heavy atom. The van der Waals surface area contributed by atoms with Crippen LogP contribution >= 0.6 is 11.6 Å². The van der Waals surface area contributed by atoms with Crippen LogP contribution in [0.25, 0.3) is 0 Å². The molecule has 7 heteroatoms. The summed E-state index contributed by atoms with van der Waals surface area (Å²) in [6.07, 6.45) is 2.25. The SMILES string of the molecule is COCCOCCCNc1ncnc(Cl)c1OC. The van der Waals surface area contributed by atoms with E-state index in [4.69, 9.17) is 25.8 Å². The van der Waals surface area contributed by atoms with Crippen LogP contribution < -0.4 is 10.1 Å². The molecule has 0 aliphatic carbocycles. The lowest BCUT2D eigenvalue weighted by Crippen LogP contribution is -2.10. The van der Waals surface area contributed by atoms with E-state index in [-0.39, 0.29) is 0 Å². The van der Waals surface area contributed by atoms with Gasteiger partial charge in [-0.3, -0.25) is 0 Å². The van der Waals surface area contributed by atoms with Gasteiger partial charge in [0.25, 0.3) is 0 Å². The van der Waals surface area contributed by atoms with Crippen LogP contribution in [0.15, 0.2) is 6.33 Å². The summed E-state index contributed by atoms with van der Waals surface area (Å²) < 4.78 is 15.3. The molecule has 0 saturated carbocycles. The van der Waals surface area contributed by atoms with Gasteiger partial charge in [-0.05, 0) is 6.42 Å². The van der Waals surface area contributed by atoms with Gasteiger partial charge in [-0.2, -0.15) is 0 Å². The number of anilines is 1. The minimum absolute atomic E-state index is 0.298. The fraction of sp³-hybridized carbons (Fsp3) is 0.636. The molecule has 0 unspecified atom stereocenters. The van der Waals surface area contributed by atoms with Crippen molar-refractivity contribution in [2.75, 3.05) is 45.9 Å². The first-order valence-electron chi connectivity index (χ1n) is 5.64. The zero-order chi connectivity index (χ0) is 13.2. The molecular weight excluding hydrogens is 258 g/mol. The van der Waals surface area contributed by atoms with Crippen LogP contribution in [0.3, 0.4) is 0 Å². The maximum absolute atomic E-state index is 5.87. The summed E-state index contributed by atoms with van der Waals surface area (Å²) in [5, 5.41) is 3.42. The maximum Gasteiger partial charge on any atom is 0.198 e. The van der Waals surface area contributed by atoms with Crippen molar-refractivity contribution in [3.8, 4) is 5.75 Å². The number of hydrogen-bond acceptors (Lipinski definition) is 6. The molecule has 0 aliphatic heterocycles. The van der Waals surface area contributed by atoms with Gasteiger partial charge in [-0.25, -0.2) is 9.97 Å². The normalized spacial score (nSPS) is 10.4. The van der Waals surface area contributed by atoms with Crippen molar-refractivity contribution >= 4 is 17.4 Å². The summed E-state index contributed by atoms with van der Waals surface area (Å²) in [5.41, 5.74) is 0. The number of aromatic nitrogens is 2. The van der Waals surface area contributed by atoms with E-state index in [2.05, 4.69) is 15.3 Å². The average molecular weight is 276 g/mol. The van der Waals surface area contributed by atoms with Crippen molar-refractivity contribution < 1.29 is 14.2 Å². The van der Waals surface area contributed by atoms with E-state index in [0.29, 0.717) is 36.5 Å². The maximum atomic E-state index is 5.87. The summed E-state index contributed by atoms with van der Waals surface area (Å²) in [5.74, 6) is 1.05. The Balaban J connectivity index is 2.25. The van der Waals surface area contributed by atoms with Crippen molar-refractivity contribution in [3.63, 3.8) is 0 Å². The highest BCUT2D eigenvalue weighted by Gasteiger charge is 2.08. The van der Waals surface area contributed by atoms with Gasteiger partial charge in [0, 0.05) is 20.3 Å². The third-order valence-corrected chi connectivity index (χ3v) is 2.42. The molecule has 1 aromatic rings. The lowest BCUT2D eigenvalue weighted by Gasteiger charge is -2.10. The second-order valence-corrected chi connectivity index (χ2v) is 3.79. The monoisotopic (exact) mass is 275 g/mol. The van der Waals surface area contributed by atoms with Crippen LogP contribution in [0.1, 0.15) is 6.42 Å². The van der Waals surface area contributed by atoms with Gasteiger partial charge >= 0.3 is 0 Å². The van der Waals surface area contributed by atoms with Crippen molar-refractivity contribution in [1.29, 1.82) is 0 Å². The highest BCUT2D eigenvalue weighted by atomic mass is 35.5. The zero-order valence-corrected chi connectivity index (χ0v) is 11.4. The minimum atomic E-state index is 0.298. The Morgan fingerprint density at radius 3 is 2.78 bits per heavy atom. The standard InChI is InChI=1S/C11H18ClN3O3/c1-16-6-7-18-5-3-4-13-11-9(17-2)10(12)14-8-15-11/h8H,3-7H2,1-2H3,(H,13,14,15). The average Bonchev–Trinajstić information content (AvgIpc) is 2.38. The number of halogens is 1. The molecule has 0 aliphatic rings. The topological polar surface area (TPSA) is 65.5 Å². The molecule has 1 heterocycles. The van der Waals surface area contributed by atoms with Crippen LogP contribution in [-0.4, -0.2) is 50.6 Å². The summed E-state index contributed by atoms with van der Waals surface area (Å²) in [6.45, 7) is 2.61. The number of ether oxygens (including phenoxy) is 3. The van der Waals surface area contributed by atoms with Gasteiger partial charge in [-0.1, -0.05) is 11.6 Å². The predicted octanol–water partition coefficient (Wildman–Crippen LogP) is 1.60. The lowest BCUT2D eigenvalue weighted by atomic mass is 10.4. The van der Waals surface area contributed by atoms with E-state index in [1.54, 1.807) is 7.11 Å². The van der Waals surface area contributed by atoms with Gasteiger partial charge in [0.1, 0.15) is 6.33 Å². The summed E-state index contributed by atoms with van der Waals surface area (Å²) >= 11 is 5.87. The molecule has 1 N–H and O–H groups in total. The third kappa shape index (κ3) is 5.03. The van der Waals surface area contributed by atoms with Crippen LogP contribution in [0.2, 0.25) is 5.15 Å². The van der Waals surface area contributed by atoms with Crippen LogP contribution in [0.4, 0.5) is 5.82 Å². The minimum Gasteiger partial charge on any atom is -0.490 e. The Labute approximate surface area is 112 Å². The number of nitrogens with zero attached hydrogens (tertiary/aromatic N) is 2. The molecule has 0 atom stereocenters. The first-order valence-corrected chi connectivity index (χ1v) is 6.02. The molecule has 102 valence electrons. The predicted molar refractivity (Wildman–Crippen MR) is 69.4 cm³/mol. The van der Waals surface area contributed by atoms with Crippen molar-refractivity contribution in [2.45, 2.75) is 6.42 Å². The molecule has 0 spiro atoms. The Kier molecular flexibility index (Phi) is 7.40. The molecule has 18 heavy (non-hydrogen) atoms. The van der Waals surface area contributed by atoms with E-state index in [0.717, 1.165) is 13.0 Å². The van der Waals surface area contributed by atoms with Gasteiger partial charge in [0.15, 0.2) is 16.7 Å². The summed E-state index contributed by atoms with van der Waals surface area (Å²) in [4.78, 5) is 7.90. The number of nitrogens with one attached hydrogen (secondary N) is 1. The quantitative estimate of drug-likeness (QED) is 0.545. The van der Waals surface area contributed by atoms with E-state index < -0.39 is 0 Å². The van der Waals surface area contributed by atoms with E-state index in [1.165, 1.54) is 13.4 Å².